The minimum absolute atomic E-state index is 0.0342. The Balaban J connectivity index is 1.77. The van der Waals surface area contributed by atoms with Crippen molar-refractivity contribution in [1.29, 1.82) is 0 Å². The molecular formula is C27H25FN4O3. The number of amides is 2. The summed E-state index contributed by atoms with van der Waals surface area (Å²) in [5.41, 5.74) is 9.48. The quantitative estimate of drug-likeness (QED) is 0.399. The molecule has 0 fully saturated rings. The average molecular weight is 473 g/mol. The maximum absolute atomic E-state index is 14.9. The van der Waals surface area contributed by atoms with Gasteiger partial charge in [0.05, 0.1) is 30.7 Å². The van der Waals surface area contributed by atoms with E-state index >= 15 is 0 Å². The number of nitrogens with two attached hydrogens (primary N) is 1. The predicted molar refractivity (Wildman–Crippen MR) is 131 cm³/mol. The number of primary amides is 1. The maximum atomic E-state index is 14.9. The largest absolute Gasteiger partial charge is 0.450 e. The molecule has 4 aromatic rings. The van der Waals surface area contributed by atoms with Gasteiger partial charge >= 0.3 is 6.09 Å². The molecule has 0 aliphatic carbocycles. The van der Waals surface area contributed by atoms with Crippen LogP contribution in [0.25, 0.3) is 28.1 Å². The number of carbonyl (C=O) groups is 2. The second-order valence-corrected chi connectivity index (χ2v) is 7.84. The molecule has 7 nitrogen and oxygen atoms in total. The van der Waals surface area contributed by atoms with Gasteiger partial charge in [0.25, 0.3) is 0 Å². The van der Waals surface area contributed by atoms with Crippen LogP contribution in [0.4, 0.5) is 9.18 Å². The lowest BCUT2D eigenvalue weighted by molar-refractivity contribution is -0.119. The molecule has 2 N–H and O–H groups in total. The number of hydrogen-bond acceptors (Lipinski definition) is 4. The van der Waals surface area contributed by atoms with Gasteiger partial charge in [-0.2, -0.15) is 5.10 Å². The van der Waals surface area contributed by atoms with E-state index in [2.05, 4.69) is 5.10 Å². The number of nitrogens with zero attached hydrogens (tertiary/aromatic N) is 3. The van der Waals surface area contributed by atoms with Crippen LogP contribution in [-0.4, -0.2) is 39.8 Å². The third-order valence-corrected chi connectivity index (χ3v) is 5.43. The van der Waals surface area contributed by atoms with E-state index in [0.29, 0.717) is 22.5 Å². The molecule has 0 spiro atoms. The Morgan fingerprint density at radius 2 is 1.63 bits per heavy atom. The Morgan fingerprint density at radius 3 is 2.29 bits per heavy atom. The van der Waals surface area contributed by atoms with Gasteiger partial charge in [-0.25, -0.2) is 13.9 Å². The highest BCUT2D eigenvalue weighted by Gasteiger charge is 2.23. The first kappa shape index (κ1) is 23.7. The van der Waals surface area contributed by atoms with Gasteiger partial charge in [0.2, 0.25) is 5.91 Å². The number of ether oxygens (including phenoxy) is 1. The maximum Gasteiger partial charge on any atom is 0.410 e. The fraction of sp³-hybridized carbons (Fsp3) is 0.148. The predicted octanol–water partition coefficient (Wildman–Crippen LogP) is 4.79. The zero-order chi connectivity index (χ0) is 24.8. The van der Waals surface area contributed by atoms with Gasteiger partial charge in [0.1, 0.15) is 12.4 Å². The van der Waals surface area contributed by atoms with E-state index in [1.165, 1.54) is 11.0 Å². The molecule has 0 aliphatic rings. The van der Waals surface area contributed by atoms with Gasteiger partial charge in [-0.1, -0.05) is 54.6 Å². The summed E-state index contributed by atoms with van der Waals surface area (Å²) in [4.78, 5) is 25.2. The molecule has 0 aliphatic heterocycles. The van der Waals surface area contributed by atoms with Crippen LogP contribution in [0.2, 0.25) is 0 Å². The molecule has 0 bridgehead atoms. The monoisotopic (exact) mass is 472 g/mol. The number of carbonyl (C=O) groups excluding carboxylic acids is 2. The van der Waals surface area contributed by atoms with Crippen LogP contribution in [0.5, 0.6) is 0 Å². The number of hydrogen-bond donors (Lipinski definition) is 1. The Morgan fingerprint density at radius 1 is 0.971 bits per heavy atom. The van der Waals surface area contributed by atoms with Crippen LogP contribution < -0.4 is 5.73 Å². The number of rotatable bonds is 8. The van der Waals surface area contributed by atoms with E-state index in [9.17, 15) is 14.0 Å². The first-order valence-electron chi connectivity index (χ1n) is 11.2. The van der Waals surface area contributed by atoms with E-state index in [1.807, 2.05) is 54.6 Å². The molecule has 1 aromatic heterocycles. The number of benzene rings is 3. The molecule has 0 atom stereocenters. The number of halogens is 1. The highest BCUT2D eigenvalue weighted by Crippen LogP contribution is 2.31. The summed E-state index contributed by atoms with van der Waals surface area (Å²) in [5.74, 6) is -1.12. The summed E-state index contributed by atoms with van der Waals surface area (Å²) in [6.07, 6.45) is 0.867. The van der Waals surface area contributed by atoms with Gasteiger partial charge in [0, 0.05) is 11.1 Å². The fourth-order valence-corrected chi connectivity index (χ4v) is 3.85. The third-order valence-electron chi connectivity index (χ3n) is 5.43. The molecule has 2 amide bonds. The van der Waals surface area contributed by atoms with Crippen molar-refractivity contribution < 1.29 is 18.7 Å². The highest BCUT2D eigenvalue weighted by molar-refractivity contribution is 5.81. The van der Waals surface area contributed by atoms with Crippen molar-refractivity contribution in [2.75, 3.05) is 13.2 Å². The van der Waals surface area contributed by atoms with Gasteiger partial charge in [-0.05, 0) is 42.3 Å². The minimum atomic E-state index is -0.689. The SMILES string of the molecule is CCOC(=O)N(CC(N)=O)Cc1cnn(-c2ccc(-c3ccccc3)cc2)c1-c1ccccc1F. The lowest BCUT2D eigenvalue weighted by atomic mass is 10.0. The second kappa shape index (κ2) is 10.6. The van der Waals surface area contributed by atoms with Crippen LogP contribution in [0.3, 0.4) is 0 Å². The van der Waals surface area contributed by atoms with Crippen molar-refractivity contribution in [2.45, 2.75) is 13.5 Å². The van der Waals surface area contributed by atoms with Crippen molar-refractivity contribution in [3.05, 3.63) is 96.4 Å². The van der Waals surface area contributed by atoms with E-state index in [1.54, 1.807) is 36.0 Å². The summed E-state index contributed by atoms with van der Waals surface area (Å²) in [7, 11) is 0. The normalized spacial score (nSPS) is 10.7. The van der Waals surface area contributed by atoms with Crippen molar-refractivity contribution >= 4 is 12.0 Å². The number of aromatic nitrogens is 2. The molecule has 3 aromatic carbocycles. The summed E-state index contributed by atoms with van der Waals surface area (Å²) in [6, 6.07) is 24.0. The molecule has 0 saturated heterocycles. The molecule has 178 valence electrons. The van der Waals surface area contributed by atoms with Crippen molar-refractivity contribution in [3.8, 4) is 28.1 Å². The third kappa shape index (κ3) is 5.38. The van der Waals surface area contributed by atoms with Crippen LogP contribution in [0.1, 0.15) is 12.5 Å². The zero-order valence-corrected chi connectivity index (χ0v) is 19.2. The molecule has 8 heteroatoms. The van der Waals surface area contributed by atoms with Crippen LogP contribution in [-0.2, 0) is 16.1 Å². The topological polar surface area (TPSA) is 90.4 Å². The summed E-state index contributed by atoms with van der Waals surface area (Å²) < 4.78 is 21.6. The van der Waals surface area contributed by atoms with Gasteiger partial charge in [-0.15, -0.1) is 0 Å². The van der Waals surface area contributed by atoms with E-state index in [0.717, 1.165) is 11.1 Å². The summed E-state index contributed by atoms with van der Waals surface area (Å²) in [5, 5.41) is 4.50. The Hall–Kier alpha value is -4.46. The van der Waals surface area contributed by atoms with Crippen molar-refractivity contribution in [1.82, 2.24) is 14.7 Å². The Labute approximate surface area is 202 Å². The molecule has 0 unspecified atom stereocenters. The van der Waals surface area contributed by atoms with Crippen LogP contribution in [0, 0.1) is 5.82 Å². The molecule has 0 saturated carbocycles. The van der Waals surface area contributed by atoms with Gasteiger partial charge in [-0.3, -0.25) is 9.69 Å². The molecule has 35 heavy (non-hydrogen) atoms. The molecule has 0 radical (unpaired) electrons. The minimum Gasteiger partial charge on any atom is -0.450 e. The molecule has 1 heterocycles. The van der Waals surface area contributed by atoms with E-state index < -0.39 is 17.8 Å². The van der Waals surface area contributed by atoms with E-state index in [4.69, 9.17) is 10.5 Å². The first-order chi connectivity index (χ1) is 17.0. The van der Waals surface area contributed by atoms with E-state index in [-0.39, 0.29) is 19.7 Å². The Kier molecular flexibility index (Phi) is 7.21. The van der Waals surface area contributed by atoms with Crippen LogP contribution >= 0.6 is 0 Å². The van der Waals surface area contributed by atoms with Crippen LogP contribution in [0.15, 0.2) is 85.1 Å². The molecule has 4 rings (SSSR count). The van der Waals surface area contributed by atoms with Crippen molar-refractivity contribution in [3.63, 3.8) is 0 Å². The first-order valence-corrected chi connectivity index (χ1v) is 11.2. The summed E-state index contributed by atoms with van der Waals surface area (Å²) in [6.45, 7) is 1.43. The zero-order valence-electron chi connectivity index (χ0n) is 19.2. The smallest absolute Gasteiger partial charge is 0.410 e. The standard InChI is InChI=1S/C27H25FN4O3/c1-2-35-27(34)31(18-25(29)33)17-21-16-30-32(26(21)23-10-6-7-11-24(23)28)22-14-12-20(13-15-22)19-8-4-3-5-9-19/h3-16H,2,17-18H2,1H3,(H2,29,33). The highest BCUT2D eigenvalue weighted by atomic mass is 19.1. The van der Waals surface area contributed by atoms with Gasteiger partial charge < -0.3 is 10.5 Å². The molecular weight excluding hydrogens is 447 g/mol. The lowest BCUT2D eigenvalue weighted by Crippen LogP contribution is -2.38. The fourth-order valence-electron chi connectivity index (χ4n) is 3.85. The van der Waals surface area contributed by atoms with Gasteiger partial charge in [0.15, 0.2) is 0 Å². The lowest BCUT2D eigenvalue weighted by Gasteiger charge is -2.21. The average Bonchev–Trinajstić information content (AvgIpc) is 3.27. The summed E-state index contributed by atoms with van der Waals surface area (Å²) >= 11 is 0. The Bertz CT molecular complexity index is 1320. The van der Waals surface area contributed by atoms with Crippen molar-refractivity contribution in [2.24, 2.45) is 5.73 Å². The second-order valence-electron chi connectivity index (χ2n) is 7.84.